The topological polar surface area (TPSA) is 168 Å². The highest BCUT2D eigenvalue weighted by molar-refractivity contribution is 6.14. The first-order valence-electron chi connectivity index (χ1n) is 14.2. The zero-order chi connectivity index (χ0) is 30.8. The molecule has 0 radical (unpaired) electrons. The second kappa shape index (κ2) is 10.7. The van der Waals surface area contributed by atoms with Gasteiger partial charge in [-0.2, -0.15) is 0 Å². The van der Waals surface area contributed by atoms with Crippen molar-refractivity contribution in [3.8, 4) is 5.75 Å². The van der Waals surface area contributed by atoms with Crippen LogP contribution in [0, 0.1) is 17.8 Å². The molecule has 0 aromatic heterocycles. The predicted octanol–water partition coefficient (Wildman–Crippen LogP) is 1.37. The first-order chi connectivity index (χ1) is 19.7. The van der Waals surface area contributed by atoms with Crippen LogP contribution in [0.15, 0.2) is 28.7 Å². The number of phenolic OH excluding ortho intramolecular Hbond substituents is 1. The number of ketones is 1. The first kappa shape index (κ1) is 30.0. The van der Waals surface area contributed by atoms with Gasteiger partial charge in [0.05, 0.1) is 23.1 Å². The Kier molecular flexibility index (Phi) is 7.61. The number of aliphatic hydroxyl groups excluding tert-OH is 2. The maximum absolute atomic E-state index is 14.2. The molecule has 12 heteroatoms. The number of nitrogens with two attached hydrogens (primary N) is 1. The lowest BCUT2D eigenvalue weighted by atomic mass is 9.56. The lowest BCUT2D eigenvalue weighted by Gasteiger charge is -2.51. The number of aldehydes is 1. The number of amides is 1. The zero-order valence-corrected chi connectivity index (χ0v) is 24.3. The Morgan fingerprint density at radius 3 is 2.36 bits per heavy atom. The molecule has 11 nitrogen and oxygen atoms in total. The predicted molar refractivity (Wildman–Crippen MR) is 152 cm³/mol. The molecule has 1 aromatic rings. The van der Waals surface area contributed by atoms with E-state index in [1.807, 2.05) is 30.0 Å². The van der Waals surface area contributed by atoms with Crippen molar-refractivity contribution in [1.82, 2.24) is 9.80 Å². The van der Waals surface area contributed by atoms with Crippen molar-refractivity contribution in [2.45, 2.75) is 50.0 Å². The van der Waals surface area contributed by atoms with E-state index in [4.69, 9.17) is 5.73 Å². The second-order valence-corrected chi connectivity index (χ2v) is 12.5. The number of allylic oxidation sites excluding steroid dienone is 1. The number of piperidine rings is 1. The molecule has 0 spiro atoms. The highest BCUT2D eigenvalue weighted by Gasteiger charge is 2.61. The van der Waals surface area contributed by atoms with E-state index < -0.39 is 64.4 Å². The number of carbonyl (C=O) groups excluding carboxylic acids is 3. The fraction of sp³-hybridized carbons (Fsp3) is 0.567. The standard InChI is InChI=1S/C30H39FN4O7/c1-33(2)19-11-15(12-35-7-5-16(31)6-8-35)25(37)21-17(19)9-14-10-18-22(27(39)20(14)26(21)38)30(42,13-36)23(29(32)41)28(40)24(18)34(3)4/h11,13-14,16,18,22,24,37,39-40,42H,5-10,12H2,1-4H3,(H2,32,41)/t14?,18?,22?,24-,30+/m0/s1. The van der Waals surface area contributed by atoms with Crippen LogP contribution in [0.25, 0.3) is 0 Å². The van der Waals surface area contributed by atoms with Crippen LogP contribution in [-0.2, 0) is 22.6 Å². The van der Waals surface area contributed by atoms with Crippen molar-refractivity contribution < 1.29 is 39.2 Å². The van der Waals surface area contributed by atoms with Crippen LogP contribution in [0.4, 0.5) is 10.1 Å². The number of hydrogen-bond donors (Lipinski definition) is 5. The van der Waals surface area contributed by atoms with Crippen LogP contribution in [0.3, 0.4) is 0 Å². The fourth-order valence-electron chi connectivity index (χ4n) is 7.69. The van der Waals surface area contributed by atoms with Crippen LogP contribution in [0.2, 0.25) is 0 Å². The number of alkyl halides is 1. The molecule has 5 atom stereocenters. The minimum atomic E-state index is -2.67. The lowest BCUT2D eigenvalue weighted by molar-refractivity contribution is -0.137. The maximum atomic E-state index is 14.2. The van der Waals surface area contributed by atoms with Crippen LogP contribution in [0.5, 0.6) is 5.75 Å². The quantitative estimate of drug-likeness (QED) is 0.307. The van der Waals surface area contributed by atoms with Gasteiger partial charge in [-0.05, 0) is 63.2 Å². The fourth-order valence-corrected chi connectivity index (χ4v) is 7.69. The van der Waals surface area contributed by atoms with Gasteiger partial charge >= 0.3 is 0 Å². The number of carbonyl (C=O) groups is 3. The number of phenols is 1. The number of likely N-dealkylation sites (tertiary alicyclic amines) is 1. The summed E-state index contributed by atoms with van der Waals surface area (Å²) in [6.45, 7) is 1.33. The number of aromatic hydroxyl groups is 1. The number of Topliss-reactive ketones (excluding diaryl/α,β-unsaturated/α-hetero) is 1. The summed E-state index contributed by atoms with van der Waals surface area (Å²) in [5.41, 5.74) is 3.94. The summed E-state index contributed by atoms with van der Waals surface area (Å²) in [5, 5.41) is 45.8. The summed E-state index contributed by atoms with van der Waals surface area (Å²) in [7, 11) is 6.96. The molecule has 0 bridgehead atoms. The minimum absolute atomic E-state index is 0.0379. The van der Waals surface area contributed by atoms with Gasteiger partial charge in [-0.25, -0.2) is 4.39 Å². The van der Waals surface area contributed by atoms with E-state index in [2.05, 4.69) is 0 Å². The molecular weight excluding hydrogens is 547 g/mol. The zero-order valence-electron chi connectivity index (χ0n) is 24.3. The van der Waals surface area contributed by atoms with E-state index in [1.54, 1.807) is 19.0 Å². The van der Waals surface area contributed by atoms with E-state index in [1.165, 1.54) is 0 Å². The normalized spacial score (nSPS) is 30.2. The van der Waals surface area contributed by atoms with Gasteiger partial charge in [0.1, 0.15) is 23.4 Å². The Labute approximate surface area is 243 Å². The molecule has 1 amide bonds. The van der Waals surface area contributed by atoms with E-state index in [0.29, 0.717) is 43.6 Å². The number of rotatable bonds is 6. The molecule has 1 aliphatic heterocycles. The molecule has 228 valence electrons. The summed E-state index contributed by atoms with van der Waals surface area (Å²) >= 11 is 0. The van der Waals surface area contributed by atoms with Gasteiger partial charge in [0.2, 0.25) is 0 Å². The number of aliphatic hydroxyl groups is 3. The molecule has 4 aliphatic rings. The van der Waals surface area contributed by atoms with Crippen molar-refractivity contribution in [3.05, 3.63) is 45.4 Å². The number of likely N-dealkylation sites (N-methyl/N-ethyl adjacent to an activating group) is 1. The van der Waals surface area contributed by atoms with Gasteiger partial charge in [-0.15, -0.1) is 0 Å². The Bertz CT molecular complexity index is 1400. The van der Waals surface area contributed by atoms with Gasteiger partial charge < -0.3 is 31.1 Å². The monoisotopic (exact) mass is 586 g/mol. The third-order valence-electron chi connectivity index (χ3n) is 9.54. The van der Waals surface area contributed by atoms with Crippen LogP contribution < -0.4 is 10.6 Å². The molecule has 3 unspecified atom stereocenters. The number of hydrogen-bond acceptors (Lipinski definition) is 10. The number of nitrogens with zero attached hydrogens (tertiary/aromatic N) is 3. The van der Waals surface area contributed by atoms with Crippen molar-refractivity contribution in [2.75, 3.05) is 46.2 Å². The first-order valence-corrected chi connectivity index (χ1v) is 14.2. The molecule has 1 heterocycles. The Morgan fingerprint density at radius 1 is 1.17 bits per heavy atom. The molecule has 1 fully saturated rings. The summed E-state index contributed by atoms with van der Waals surface area (Å²) in [6.07, 6.45) is 0.458. The highest BCUT2D eigenvalue weighted by atomic mass is 19.1. The average molecular weight is 587 g/mol. The van der Waals surface area contributed by atoms with Crippen molar-refractivity contribution in [2.24, 2.45) is 23.5 Å². The average Bonchev–Trinajstić information content (AvgIpc) is 2.90. The van der Waals surface area contributed by atoms with E-state index in [9.17, 15) is 39.2 Å². The van der Waals surface area contributed by atoms with Gasteiger partial charge in [0.15, 0.2) is 17.7 Å². The summed E-state index contributed by atoms with van der Waals surface area (Å²) < 4.78 is 13.7. The van der Waals surface area contributed by atoms with Crippen LogP contribution >= 0.6 is 0 Å². The van der Waals surface area contributed by atoms with Crippen molar-refractivity contribution in [1.29, 1.82) is 0 Å². The van der Waals surface area contributed by atoms with E-state index in [-0.39, 0.29) is 36.0 Å². The van der Waals surface area contributed by atoms with E-state index in [0.717, 1.165) is 5.69 Å². The van der Waals surface area contributed by atoms with Gasteiger partial charge in [-0.3, -0.25) is 24.2 Å². The summed E-state index contributed by atoms with van der Waals surface area (Å²) in [4.78, 5) is 44.5. The van der Waals surface area contributed by atoms with E-state index >= 15 is 0 Å². The molecule has 1 aromatic carbocycles. The van der Waals surface area contributed by atoms with Crippen LogP contribution in [-0.4, -0.2) is 107 Å². The molecule has 5 rings (SSSR count). The lowest BCUT2D eigenvalue weighted by Crippen LogP contribution is -2.61. The number of benzene rings is 1. The number of halogens is 1. The van der Waals surface area contributed by atoms with Gasteiger partial charge in [0, 0.05) is 50.6 Å². The largest absolute Gasteiger partial charge is 0.511 e. The van der Waals surface area contributed by atoms with Crippen molar-refractivity contribution >= 4 is 23.7 Å². The number of primary amides is 1. The Hall–Kier alpha value is -3.48. The third-order valence-corrected chi connectivity index (χ3v) is 9.54. The highest BCUT2D eigenvalue weighted by Crippen LogP contribution is 2.55. The summed E-state index contributed by atoms with van der Waals surface area (Å²) in [6, 6.07) is 0.959. The summed E-state index contributed by atoms with van der Waals surface area (Å²) in [5.74, 6) is -5.91. The smallest absolute Gasteiger partial charge is 0.251 e. The molecule has 3 aliphatic carbocycles. The van der Waals surface area contributed by atoms with Crippen LogP contribution in [0.1, 0.15) is 40.7 Å². The number of fused-ring (bicyclic) bond motifs is 3. The number of anilines is 1. The Morgan fingerprint density at radius 2 is 1.81 bits per heavy atom. The molecule has 1 saturated heterocycles. The van der Waals surface area contributed by atoms with Crippen molar-refractivity contribution in [3.63, 3.8) is 0 Å². The molecule has 0 saturated carbocycles. The minimum Gasteiger partial charge on any atom is -0.511 e. The van der Waals surface area contributed by atoms with Gasteiger partial charge in [-0.1, -0.05) is 0 Å². The molecule has 42 heavy (non-hydrogen) atoms. The maximum Gasteiger partial charge on any atom is 0.251 e. The Balaban J connectivity index is 1.66. The third kappa shape index (κ3) is 4.47. The molecule has 6 N–H and O–H groups in total. The van der Waals surface area contributed by atoms with Gasteiger partial charge in [0.25, 0.3) is 5.91 Å². The molecular formula is C30H39FN4O7. The SMILES string of the molecule is CN(C)c1cc(CN2CCC(F)CC2)c(O)c2c1CC1CC3C(C(O)=C1C2=O)[C@](O)(C=O)C(C(N)=O)=C(O)[C@H]3N(C)C. The second-order valence-electron chi connectivity index (χ2n) is 12.5.